The molecule has 4 heteroatoms. The topological polar surface area (TPSA) is 41.1 Å². The normalized spacial score (nSPS) is 10.7. The summed E-state index contributed by atoms with van der Waals surface area (Å²) < 4.78 is 12.9. The standard InChI is InChI=1S/C15H23FN2O/c1-12(2)6-3-4-9-17-11-15(19)18-14-8-5-7-13(16)10-14/h5,7-8,10,12,17H,3-4,6,9,11H2,1-2H3,(H,18,19). The molecule has 0 fully saturated rings. The smallest absolute Gasteiger partial charge is 0.238 e. The monoisotopic (exact) mass is 266 g/mol. The average molecular weight is 266 g/mol. The SMILES string of the molecule is CC(C)CCCCNCC(=O)Nc1cccc(F)c1. The van der Waals surface area contributed by atoms with Crippen LogP contribution in [0.25, 0.3) is 0 Å². The lowest BCUT2D eigenvalue weighted by atomic mass is 10.1. The maximum Gasteiger partial charge on any atom is 0.238 e. The number of carbonyl (C=O) groups is 1. The van der Waals surface area contributed by atoms with Crippen LogP contribution in [0.1, 0.15) is 33.1 Å². The highest BCUT2D eigenvalue weighted by Crippen LogP contribution is 2.08. The predicted octanol–water partition coefficient (Wildman–Crippen LogP) is 3.18. The van der Waals surface area contributed by atoms with Crippen LogP contribution in [-0.2, 0) is 4.79 Å². The number of carbonyl (C=O) groups excluding carboxylic acids is 1. The van der Waals surface area contributed by atoms with E-state index in [9.17, 15) is 9.18 Å². The van der Waals surface area contributed by atoms with Gasteiger partial charge in [0.2, 0.25) is 5.91 Å². The lowest BCUT2D eigenvalue weighted by Gasteiger charge is -2.07. The number of benzene rings is 1. The van der Waals surface area contributed by atoms with E-state index in [1.807, 2.05) is 0 Å². The van der Waals surface area contributed by atoms with Gasteiger partial charge in [0, 0.05) is 5.69 Å². The molecule has 0 aliphatic heterocycles. The highest BCUT2D eigenvalue weighted by atomic mass is 19.1. The fourth-order valence-electron chi connectivity index (χ4n) is 1.78. The van der Waals surface area contributed by atoms with Crippen molar-refractivity contribution in [2.45, 2.75) is 33.1 Å². The van der Waals surface area contributed by atoms with E-state index in [1.54, 1.807) is 12.1 Å². The molecule has 0 radical (unpaired) electrons. The van der Waals surface area contributed by atoms with Crippen molar-refractivity contribution in [3.05, 3.63) is 30.1 Å². The fraction of sp³-hybridized carbons (Fsp3) is 0.533. The van der Waals surface area contributed by atoms with E-state index in [0.717, 1.165) is 18.9 Å². The summed E-state index contributed by atoms with van der Waals surface area (Å²) in [6, 6.07) is 5.90. The van der Waals surface area contributed by atoms with Crippen molar-refractivity contribution in [2.24, 2.45) is 5.92 Å². The molecule has 0 heterocycles. The maximum absolute atomic E-state index is 12.9. The van der Waals surface area contributed by atoms with Gasteiger partial charge >= 0.3 is 0 Å². The van der Waals surface area contributed by atoms with Gasteiger partial charge in [0.25, 0.3) is 0 Å². The van der Waals surface area contributed by atoms with Crippen molar-refractivity contribution >= 4 is 11.6 Å². The summed E-state index contributed by atoms with van der Waals surface area (Å²) in [5, 5.41) is 5.74. The number of amides is 1. The van der Waals surface area contributed by atoms with E-state index in [1.165, 1.54) is 25.0 Å². The average Bonchev–Trinajstić information content (AvgIpc) is 2.33. The molecule has 2 N–H and O–H groups in total. The van der Waals surface area contributed by atoms with E-state index in [4.69, 9.17) is 0 Å². The lowest BCUT2D eigenvalue weighted by Crippen LogP contribution is -2.28. The Morgan fingerprint density at radius 2 is 2.11 bits per heavy atom. The number of hydrogen-bond donors (Lipinski definition) is 2. The highest BCUT2D eigenvalue weighted by Gasteiger charge is 2.02. The Bertz CT molecular complexity index is 393. The minimum absolute atomic E-state index is 0.144. The first-order chi connectivity index (χ1) is 9.08. The Hall–Kier alpha value is -1.42. The molecule has 0 aromatic heterocycles. The van der Waals surface area contributed by atoms with Crippen LogP contribution in [0.2, 0.25) is 0 Å². The van der Waals surface area contributed by atoms with E-state index in [0.29, 0.717) is 5.69 Å². The molecular formula is C15H23FN2O. The fourth-order valence-corrected chi connectivity index (χ4v) is 1.78. The molecule has 19 heavy (non-hydrogen) atoms. The second-order valence-corrected chi connectivity index (χ2v) is 5.12. The van der Waals surface area contributed by atoms with E-state index in [2.05, 4.69) is 24.5 Å². The van der Waals surface area contributed by atoms with Gasteiger partial charge in [0.15, 0.2) is 0 Å². The number of anilines is 1. The number of rotatable bonds is 8. The third-order valence-electron chi connectivity index (χ3n) is 2.78. The molecule has 1 aromatic rings. The molecular weight excluding hydrogens is 243 g/mol. The van der Waals surface area contributed by atoms with Gasteiger partial charge < -0.3 is 10.6 Å². The first-order valence-corrected chi connectivity index (χ1v) is 6.84. The van der Waals surface area contributed by atoms with Crippen LogP contribution in [0.15, 0.2) is 24.3 Å². The molecule has 1 amide bonds. The first-order valence-electron chi connectivity index (χ1n) is 6.84. The van der Waals surface area contributed by atoms with Gasteiger partial charge in [-0.1, -0.05) is 32.8 Å². The third kappa shape index (κ3) is 7.57. The number of hydrogen-bond acceptors (Lipinski definition) is 2. The predicted molar refractivity (Wildman–Crippen MR) is 76.6 cm³/mol. The van der Waals surface area contributed by atoms with Crippen LogP contribution in [0.3, 0.4) is 0 Å². The van der Waals surface area contributed by atoms with Gasteiger partial charge in [-0.25, -0.2) is 4.39 Å². The molecule has 0 unspecified atom stereocenters. The Balaban J connectivity index is 2.11. The summed E-state index contributed by atoms with van der Waals surface area (Å²) in [6.45, 7) is 5.52. The van der Waals surface area contributed by atoms with Crippen LogP contribution < -0.4 is 10.6 Å². The maximum atomic E-state index is 12.9. The summed E-state index contributed by atoms with van der Waals surface area (Å²) in [5.74, 6) is 0.241. The number of unbranched alkanes of at least 4 members (excludes halogenated alkanes) is 1. The molecule has 0 spiro atoms. The van der Waals surface area contributed by atoms with Crippen molar-refractivity contribution in [2.75, 3.05) is 18.4 Å². The van der Waals surface area contributed by atoms with Gasteiger partial charge in [-0.15, -0.1) is 0 Å². The minimum Gasteiger partial charge on any atom is -0.325 e. The molecule has 0 aliphatic rings. The molecule has 106 valence electrons. The molecule has 0 saturated heterocycles. The second kappa shape index (κ2) is 8.64. The zero-order valence-electron chi connectivity index (χ0n) is 11.7. The van der Waals surface area contributed by atoms with E-state index >= 15 is 0 Å². The summed E-state index contributed by atoms with van der Waals surface area (Å²) in [4.78, 5) is 11.6. The molecule has 0 aliphatic carbocycles. The molecule has 1 rings (SSSR count). The third-order valence-corrected chi connectivity index (χ3v) is 2.78. The largest absolute Gasteiger partial charge is 0.325 e. The van der Waals surface area contributed by atoms with Gasteiger partial charge in [0.05, 0.1) is 6.54 Å². The highest BCUT2D eigenvalue weighted by molar-refractivity contribution is 5.92. The lowest BCUT2D eigenvalue weighted by molar-refractivity contribution is -0.115. The summed E-state index contributed by atoms with van der Waals surface area (Å²) in [6.07, 6.45) is 3.47. The number of halogens is 1. The quantitative estimate of drug-likeness (QED) is 0.710. The van der Waals surface area contributed by atoms with Crippen LogP contribution >= 0.6 is 0 Å². The van der Waals surface area contributed by atoms with Crippen molar-refractivity contribution in [3.63, 3.8) is 0 Å². The number of nitrogens with one attached hydrogen (secondary N) is 2. The van der Waals surface area contributed by atoms with E-state index < -0.39 is 0 Å². The Kier molecular flexibility index (Phi) is 7.11. The zero-order chi connectivity index (χ0) is 14.1. The zero-order valence-corrected chi connectivity index (χ0v) is 11.7. The Morgan fingerprint density at radius 1 is 1.32 bits per heavy atom. The Morgan fingerprint density at radius 3 is 2.79 bits per heavy atom. The van der Waals surface area contributed by atoms with Crippen LogP contribution in [0, 0.1) is 11.7 Å². The summed E-state index contributed by atoms with van der Waals surface area (Å²) in [5.41, 5.74) is 0.492. The first kappa shape index (κ1) is 15.6. The minimum atomic E-state index is -0.348. The van der Waals surface area contributed by atoms with Gasteiger partial charge in [0.1, 0.15) is 5.82 Å². The van der Waals surface area contributed by atoms with Gasteiger partial charge in [-0.3, -0.25) is 4.79 Å². The Labute approximate surface area is 114 Å². The molecule has 3 nitrogen and oxygen atoms in total. The van der Waals surface area contributed by atoms with Crippen LogP contribution in [-0.4, -0.2) is 19.0 Å². The van der Waals surface area contributed by atoms with E-state index in [-0.39, 0.29) is 18.3 Å². The molecule has 1 aromatic carbocycles. The molecule has 0 bridgehead atoms. The second-order valence-electron chi connectivity index (χ2n) is 5.12. The van der Waals surface area contributed by atoms with Crippen molar-refractivity contribution < 1.29 is 9.18 Å². The summed E-state index contributed by atoms with van der Waals surface area (Å²) in [7, 11) is 0. The van der Waals surface area contributed by atoms with Crippen LogP contribution in [0.5, 0.6) is 0 Å². The van der Waals surface area contributed by atoms with Gasteiger partial charge in [-0.2, -0.15) is 0 Å². The molecule has 0 atom stereocenters. The summed E-state index contributed by atoms with van der Waals surface area (Å²) >= 11 is 0. The van der Waals surface area contributed by atoms with Crippen LogP contribution in [0.4, 0.5) is 10.1 Å². The molecule has 0 saturated carbocycles. The van der Waals surface area contributed by atoms with Crippen molar-refractivity contribution in [1.82, 2.24) is 5.32 Å². The van der Waals surface area contributed by atoms with Crippen molar-refractivity contribution in [3.8, 4) is 0 Å². The van der Waals surface area contributed by atoms with Gasteiger partial charge in [-0.05, 0) is 37.1 Å². The van der Waals surface area contributed by atoms with Crippen molar-refractivity contribution in [1.29, 1.82) is 0 Å².